The SMILES string of the molecule is Cc1nccc2c1-c1cccc[n+]1C2. The Morgan fingerprint density at radius 2 is 2.21 bits per heavy atom. The lowest BCUT2D eigenvalue weighted by Crippen LogP contribution is -2.31. The van der Waals surface area contributed by atoms with Crippen molar-refractivity contribution in [3.05, 3.63) is 47.9 Å². The molecule has 0 unspecified atom stereocenters. The molecule has 68 valence electrons. The van der Waals surface area contributed by atoms with Gasteiger partial charge in [-0.1, -0.05) is 0 Å². The molecule has 3 rings (SSSR count). The van der Waals surface area contributed by atoms with Gasteiger partial charge in [0.15, 0.2) is 12.7 Å². The molecule has 0 spiro atoms. The van der Waals surface area contributed by atoms with Crippen LogP contribution in [0.1, 0.15) is 11.3 Å². The first-order valence-electron chi connectivity index (χ1n) is 4.79. The highest BCUT2D eigenvalue weighted by atomic mass is 15.0. The zero-order valence-electron chi connectivity index (χ0n) is 8.07. The molecule has 0 radical (unpaired) electrons. The lowest BCUT2D eigenvalue weighted by Gasteiger charge is -1.96. The minimum Gasteiger partial charge on any atom is -0.261 e. The minimum absolute atomic E-state index is 0.981. The summed E-state index contributed by atoms with van der Waals surface area (Å²) in [5.74, 6) is 0. The molecule has 0 aromatic carbocycles. The van der Waals surface area contributed by atoms with Gasteiger partial charge in [-0.2, -0.15) is 4.57 Å². The first-order valence-corrected chi connectivity index (χ1v) is 4.79. The molecular formula is C12H11N2+. The fraction of sp³-hybridized carbons (Fsp3) is 0.167. The predicted molar refractivity (Wildman–Crippen MR) is 53.7 cm³/mol. The van der Waals surface area contributed by atoms with Crippen LogP contribution in [0.15, 0.2) is 36.7 Å². The van der Waals surface area contributed by atoms with Crippen LogP contribution in [0.25, 0.3) is 11.3 Å². The number of hydrogen-bond donors (Lipinski definition) is 0. The number of hydrogen-bond acceptors (Lipinski definition) is 1. The molecule has 14 heavy (non-hydrogen) atoms. The first kappa shape index (κ1) is 7.68. The van der Waals surface area contributed by atoms with Crippen LogP contribution in [0, 0.1) is 6.92 Å². The van der Waals surface area contributed by atoms with E-state index < -0.39 is 0 Å². The van der Waals surface area contributed by atoms with Crippen LogP contribution in [0.3, 0.4) is 0 Å². The molecule has 2 aromatic heterocycles. The van der Waals surface area contributed by atoms with E-state index in [2.05, 4.69) is 46.9 Å². The molecule has 0 aliphatic carbocycles. The van der Waals surface area contributed by atoms with Gasteiger partial charge in [-0.25, -0.2) is 0 Å². The second-order valence-electron chi connectivity index (χ2n) is 3.64. The van der Waals surface area contributed by atoms with Crippen molar-refractivity contribution in [2.45, 2.75) is 13.5 Å². The number of aryl methyl sites for hydroxylation is 1. The fourth-order valence-corrected chi connectivity index (χ4v) is 2.13. The van der Waals surface area contributed by atoms with Gasteiger partial charge in [-0.05, 0) is 19.1 Å². The fourth-order valence-electron chi connectivity index (χ4n) is 2.13. The highest BCUT2D eigenvalue weighted by Crippen LogP contribution is 2.27. The molecule has 0 fully saturated rings. The summed E-state index contributed by atoms with van der Waals surface area (Å²) in [5.41, 5.74) is 5.10. The van der Waals surface area contributed by atoms with Gasteiger partial charge >= 0.3 is 0 Å². The second-order valence-corrected chi connectivity index (χ2v) is 3.64. The highest BCUT2D eigenvalue weighted by Gasteiger charge is 2.26. The first-order chi connectivity index (χ1) is 6.86. The summed E-state index contributed by atoms with van der Waals surface area (Å²) in [6, 6.07) is 8.40. The summed E-state index contributed by atoms with van der Waals surface area (Å²) in [4.78, 5) is 4.34. The van der Waals surface area contributed by atoms with Gasteiger partial charge in [0.05, 0.1) is 11.3 Å². The van der Waals surface area contributed by atoms with E-state index in [4.69, 9.17) is 0 Å². The van der Waals surface area contributed by atoms with Gasteiger partial charge in [0.2, 0.25) is 5.69 Å². The summed E-state index contributed by atoms with van der Waals surface area (Å²) >= 11 is 0. The van der Waals surface area contributed by atoms with Gasteiger partial charge in [-0.3, -0.25) is 4.98 Å². The van der Waals surface area contributed by atoms with E-state index in [1.807, 2.05) is 6.20 Å². The molecule has 1 aliphatic heterocycles. The molecule has 2 nitrogen and oxygen atoms in total. The number of rotatable bonds is 0. The average molecular weight is 183 g/mol. The van der Waals surface area contributed by atoms with Crippen LogP contribution >= 0.6 is 0 Å². The molecule has 0 atom stereocenters. The molecule has 0 bridgehead atoms. The van der Waals surface area contributed by atoms with Gasteiger partial charge in [-0.15, -0.1) is 0 Å². The third-order valence-electron chi connectivity index (χ3n) is 2.76. The van der Waals surface area contributed by atoms with Crippen molar-refractivity contribution in [2.24, 2.45) is 0 Å². The molecule has 2 aromatic rings. The standard InChI is InChI=1S/C12H11N2/c1-9-12-10(5-6-13-9)8-14-7-3-2-4-11(12)14/h2-7H,8H2,1H3/q+1. The van der Waals surface area contributed by atoms with Crippen molar-refractivity contribution < 1.29 is 4.57 Å². The monoisotopic (exact) mass is 183 g/mol. The smallest absolute Gasteiger partial charge is 0.215 e. The number of fused-ring (bicyclic) bond motifs is 3. The van der Waals surface area contributed by atoms with Crippen LogP contribution in [0.4, 0.5) is 0 Å². The average Bonchev–Trinajstić information content (AvgIpc) is 2.57. The van der Waals surface area contributed by atoms with E-state index >= 15 is 0 Å². The van der Waals surface area contributed by atoms with E-state index in [1.165, 1.54) is 16.8 Å². The van der Waals surface area contributed by atoms with Crippen molar-refractivity contribution in [3.8, 4) is 11.3 Å². The maximum Gasteiger partial charge on any atom is 0.215 e. The highest BCUT2D eigenvalue weighted by molar-refractivity contribution is 5.65. The Morgan fingerprint density at radius 3 is 3.14 bits per heavy atom. The van der Waals surface area contributed by atoms with Gasteiger partial charge < -0.3 is 0 Å². The van der Waals surface area contributed by atoms with Crippen LogP contribution in [-0.2, 0) is 6.54 Å². The molecule has 3 heterocycles. The van der Waals surface area contributed by atoms with Crippen LogP contribution < -0.4 is 4.57 Å². The van der Waals surface area contributed by atoms with E-state index in [-0.39, 0.29) is 0 Å². The Morgan fingerprint density at radius 1 is 1.29 bits per heavy atom. The van der Waals surface area contributed by atoms with E-state index in [9.17, 15) is 0 Å². The maximum atomic E-state index is 4.34. The second kappa shape index (κ2) is 2.64. The topological polar surface area (TPSA) is 16.8 Å². The summed E-state index contributed by atoms with van der Waals surface area (Å²) < 4.78 is 2.26. The largest absolute Gasteiger partial charge is 0.261 e. The predicted octanol–water partition coefficient (Wildman–Crippen LogP) is 1.71. The van der Waals surface area contributed by atoms with Crippen LogP contribution in [0.5, 0.6) is 0 Å². The zero-order chi connectivity index (χ0) is 9.54. The summed E-state index contributed by atoms with van der Waals surface area (Å²) in [6.45, 7) is 3.05. The summed E-state index contributed by atoms with van der Waals surface area (Å²) in [6.07, 6.45) is 4.01. The molecule has 1 aliphatic rings. The number of aromatic nitrogens is 2. The molecule has 0 saturated carbocycles. The quantitative estimate of drug-likeness (QED) is 0.485. The third-order valence-corrected chi connectivity index (χ3v) is 2.76. The van der Waals surface area contributed by atoms with E-state index in [0.29, 0.717) is 0 Å². The van der Waals surface area contributed by atoms with Gasteiger partial charge in [0, 0.05) is 23.9 Å². The van der Waals surface area contributed by atoms with E-state index in [1.54, 1.807) is 0 Å². The molecule has 0 amide bonds. The minimum atomic E-state index is 0.981. The molecule has 2 heteroatoms. The number of nitrogens with zero attached hydrogens (tertiary/aromatic N) is 2. The lowest BCUT2D eigenvalue weighted by molar-refractivity contribution is -0.672. The Hall–Kier alpha value is -1.70. The van der Waals surface area contributed by atoms with Gasteiger partial charge in [0.25, 0.3) is 0 Å². The Labute approximate surface area is 82.9 Å². The normalized spacial score (nSPS) is 12.4. The third kappa shape index (κ3) is 0.909. The van der Waals surface area contributed by atoms with Crippen molar-refractivity contribution >= 4 is 0 Å². The number of pyridine rings is 2. The van der Waals surface area contributed by atoms with Crippen molar-refractivity contribution in [1.29, 1.82) is 0 Å². The zero-order valence-corrected chi connectivity index (χ0v) is 8.07. The maximum absolute atomic E-state index is 4.34. The van der Waals surface area contributed by atoms with Crippen molar-refractivity contribution in [1.82, 2.24) is 4.98 Å². The van der Waals surface area contributed by atoms with Gasteiger partial charge in [0.1, 0.15) is 0 Å². The molecule has 0 saturated heterocycles. The Bertz CT molecular complexity index is 503. The van der Waals surface area contributed by atoms with Crippen LogP contribution in [-0.4, -0.2) is 4.98 Å². The Balaban J connectivity index is 2.35. The van der Waals surface area contributed by atoms with E-state index in [0.717, 1.165) is 12.2 Å². The summed E-state index contributed by atoms with van der Waals surface area (Å²) in [7, 11) is 0. The molecular weight excluding hydrogens is 172 g/mol. The van der Waals surface area contributed by atoms with Crippen LogP contribution in [0.2, 0.25) is 0 Å². The summed E-state index contributed by atoms with van der Waals surface area (Å²) in [5, 5.41) is 0. The lowest BCUT2D eigenvalue weighted by atomic mass is 10.1. The Kier molecular flexibility index (Phi) is 1.45. The van der Waals surface area contributed by atoms with Crippen molar-refractivity contribution in [2.75, 3.05) is 0 Å². The molecule has 0 N–H and O–H groups in total. The van der Waals surface area contributed by atoms with Crippen molar-refractivity contribution in [3.63, 3.8) is 0 Å².